The number of nitrogens with one attached hydrogen (secondary N) is 1. The number of carbonyl (C=O) groups excluding carboxylic acids is 2. The van der Waals surface area contributed by atoms with Gasteiger partial charge in [-0.3, -0.25) is 4.79 Å². The van der Waals surface area contributed by atoms with Crippen LogP contribution in [-0.4, -0.2) is 37.6 Å². The van der Waals surface area contributed by atoms with Crippen LogP contribution in [0.5, 0.6) is 5.75 Å². The molecule has 0 saturated carbocycles. The maximum atomic E-state index is 12.3. The molecule has 0 aliphatic heterocycles. The molecule has 2 aromatic rings. The lowest BCUT2D eigenvalue weighted by Crippen LogP contribution is -2.16. The Balaban J connectivity index is 0.00000288. The van der Waals surface area contributed by atoms with Gasteiger partial charge in [-0.25, -0.2) is 9.78 Å². The van der Waals surface area contributed by atoms with Crippen LogP contribution in [0.15, 0.2) is 23.6 Å². The zero-order chi connectivity index (χ0) is 16.8. The van der Waals surface area contributed by atoms with Crippen molar-refractivity contribution in [2.75, 3.05) is 26.1 Å². The standard InChI is InChI=1S/C15H17N3O4S.ClH/c1-21-9-3-4-11(10(7-9)15(20)22-2)18-14(19)12-8-23-13(17-12)5-6-16;/h3-4,7-8H,5-6,16H2,1-2H3,(H,18,19);1H. The van der Waals surface area contributed by atoms with E-state index in [2.05, 4.69) is 10.3 Å². The summed E-state index contributed by atoms with van der Waals surface area (Å²) in [5.41, 5.74) is 6.29. The third-order valence-corrected chi connectivity index (χ3v) is 3.93. The highest BCUT2D eigenvalue weighted by Crippen LogP contribution is 2.23. The molecule has 1 amide bonds. The SMILES string of the molecule is COC(=O)c1cc(OC)ccc1NC(=O)c1csc(CCN)n1.Cl. The van der Waals surface area contributed by atoms with Crippen LogP contribution < -0.4 is 15.8 Å². The second kappa shape index (κ2) is 9.21. The number of hydrogen-bond acceptors (Lipinski definition) is 7. The Labute approximate surface area is 149 Å². The van der Waals surface area contributed by atoms with Crippen molar-refractivity contribution in [2.24, 2.45) is 5.73 Å². The fourth-order valence-corrected chi connectivity index (χ4v) is 2.67. The normalized spacial score (nSPS) is 9.79. The topological polar surface area (TPSA) is 104 Å². The van der Waals surface area contributed by atoms with Gasteiger partial charge in [-0.05, 0) is 24.7 Å². The summed E-state index contributed by atoms with van der Waals surface area (Å²) in [6, 6.07) is 4.72. The lowest BCUT2D eigenvalue weighted by atomic mass is 10.1. The average molecular weight is 372 g/mol. The van der Waals surface area contributed by atoms with Crippen molar-refractivity contribution in [3.8, 4) is 5.75 Å². The van der Waals surface area contributed by atoms with Crippen molar-refractivity contribution in [1.29, 1.82) is 0 Å². The second-order valence-corrected chi connectivity index (χ2v) is 5.47. The van der Waals surface area contributed by atoms with Gasteiger partial charge in [0.25, 0.3) is 5.91 Å². The quantitative estimate of drug-likeness (QED) is 0.754. The smallest absolute Gasteiger partial charge is 0.340 e. The Morgan fingerprint density at radius 2 is 2.08 bits per heavy atom. The molecule has 2 rings (SSSR count). The number of aromatic nitrogens is 1. The third kappa shape index (κ3) is 4.67. The van der Waals surface area contributed by atoms with E-state index in [-0.39, 0.29) is 23.7 Å². The van der Waals surface area contributed by atoms with Crippen LogP contribution >= 0.6 is 23.7 Å². The summed E-state index contributed by atoms with van der Waals surface area (Å²) in [4.78, 5) is 28.3. The molecule has 24 heavy (non-hydrogen) atoms. The fourth-order valence-electron chi connectivity index (χ4n) is 1.88. The van der Waals surface area contributed by atoms with E-state index in [9.17, 15) is 9.59 Å². The number of carbonyl (C=O) groups is 2. The minimum Gasteiger partial charge on any atom is -0.497 e. The number of esters is 1. The summed E-state index contributed by atoms with van der Waals surface area (Å²) in [6.07, 6.45) is 0.619. The van der Waals surface area contributed by atoms with Crippen LogP contribution in [0, 0.1) is 0 Å². The van der Waals surface area contributed by atoms with Gasteiger partial charge < -0.3 is 20.5 Å². The van der Waals surface area contributed by atoms with Crippen LogP contribution in [0.2, 0.25) is 0 Å². The second-order valence-electron chi connectivity index (χ2n) is 4.52. The number of benzene rings is 1. The fraction of sp³-hybridized carbons (Fsp3) is 0.267. The highest BCUT2D eigenvalue weighted by atomic mass is 35.5. The molecule has 0 aliphatic rings. The Hall–Kier alpha value is -2.16. The molecule has 0 atom stereocenters. The Morgan fingerprint density at radius 3 is 2.71 bits per heavy atom. The zero-order valence-electron chi connectivity index (χ0n) is 13.2. The van der Waals surface area contributed by atoms with Crippen LogP contribution in [0.3, 0.4) is 0 Å². The van der Waals surface area contributed by atoms with E-state index in [0.29, 0.717) is 24.4 Å². The number of nitrogens with two attached hydrogens (primary N) is 1. The number of ether oxygens (including phenoxy) is 2. The molecular weight excluding hydrogens is 354 g/mol. The minimum absolute atomic E-state index is 0. The molecule has 0 spiro atoms. The van der Waals surface area contributed by atoms with Crippen molar-refractivity contribution in [3.05, 3.63) is 39.8 Å². The first-order valence-electron chi connectivity index (χ1n) is 6.81. The molecule has 0 radical (unpaired) electrons. The van der Waals surface area contributed by atoms with E-state index in [0.717, 1.165) is 5.01 Å². The number of halogens is 1. The zero-order valence-corrected chi connectivity index (χ0v) is 14.8. The van der Waals surface area contributed by atoms with Gasteiger partial charge in [0, 0.05) is 11.8 Å². The predicted molar refractivity (Wildman–Crippen MR) is 94.4 cm³/mol. The molecule has 0 unspecified atom stereocenters. The summed E-state index contributed by atoms with van der Waals surface area (Å²) in [7, 11) is 2.76. The summed E-state index contributed by atoms with van der Waals surface area (Å²) in [5, 5.41) is 5.11. The molecule has 9 heteroatoms. The Bertz CT molecular complexity index is 720. The van der Waals surface area contributed by atoms with Gasteiger partial charge in [0.1, 0.15) is 11.4 Å². The van der Waals surface area contributed by atoms with Crippen LogP contribution in [0.1, 0.15) is 25.9 Å². The third-order valence-electron chi connectivity index (χ3n) is 3.02. The number of anilines is 1. The van der Waals surface area contributed by atoms with Gasteiger partial charge in [0.05, 0.1) is 30.5 Å². The lowest BCUT2D eigenvalue weighted by Gasteiger charge is -2.10. The number of nitrogens with zero attached hydrogens (tertiary/aromatic N) is 1. The van der Waals surface area contributed by atoms with Crippen LogP contribution in [0.25, 0.3) is 0 Å². The maximum absolute atomic E-state index is 12.3. The van der Waals surface area contributed by atoms with Crippen LogP contribution in [0.4, 0.5) is 5.69 Å². The van der Waals surface area contributed by atoms with E-state index in [1.165, 1.54) is 31.6 Å². The molecule has 1 aromatic carbocycles. The van der Waals surface area contributed by atoms with Gasteiger partial charge >= 0.3 is 5.97 Å². The van der Waals surface area contributed by atoms with Gasteiger partial charge in [0.15, 0.2) is 0 Å². The Kier molecular flexibility index (Phi) is 7.63. The molecule has 7 nitrogen and oxygen atoms in total. The monoisotopic (exact) mass is 371 g/mol. The molecule has 0 fully saturated rings. The minimum atomic E-state index is -0.568. The van der Waals surface area contributed by atoms with E-state index < -0.39 is 11.9 Å². The van der Waals surface area contributed by atoms with Gasteiger partial charge in [-0.2, -0.15) is 0 Å². The van der Waals surface area contributed by atoms with Crippen molar-refractivity contribution >= 4 is 41.3 Å². The first-order chi connectivity index (χ1) is 11.1. The van der Waals surface area contributed by atoms with E-state index in [1.807, 2.05) is 0 Å². The van der Waals surface area contributed by atoms with Gasteiger partial charge in [-0.1, -0.05) is 0 Å². The molecule has 0 saturated heterocycles. The molecule has 3 N–H and O–H groups in total. The predicted octanol–water partition coefficient (Wildman–Crippen LogP) is 2.11. The number of hydrogen-bond donors (Lipinski definition) is 2. The molecule has 1 heterocycles. The molecular formula is C15H18ClN3O4S. The molecule has 1 aromatic heterocycles. The van der Waals surface area contributed by atoms with Crippen molar-refractivity contribution in [3.63, 3.8) is 0 Å². The van der Waals surface area contributed by atoms with Gasteiger partial charge in [0.2, 0.25) is 0 Å². The summed E-state index contributed by atoms with van der Waals surface area (Å²) in [6.45, 7) is 0.472. The van der Waals surface area contributed by atoms with Crippen molar-refractivity contribution in [2.45, 2.75) is 6.42 Å². The first kappa shape index (κ1) is 19.9. The van der Waals surface area contributed by atoms with Gasteiger partial charge in [-0.15, -0.1) is 23.7 Å². The Morgan fingerprint density at radius 1 is 1.33 bits per heavy atom. The maximum Gasteiger partial charge on any atom is 0.340 e. The summed E-state index contributed by atoms with van der Waals surface area (Å²) in [5.74, 6) is -0.483. The van der Waals surface area contributed by atoms with E-state index in [4.69, 9.17) is 15.2 Å². The highest BCUT2D eigenvalue weighted by Gasteiger charge is 2.17. The number of amides is 1. The number of rotatable bonds is 6. The largest absolute Gasteiger partial charge is 0.497 e. The molecule has 0 aliphatic carbocycles. The molecule has 130 valence electrons. The van der Waals surface area contributed by atoms with Crippen molar-refractivity contribution in [1.82, 2.24) is 4.98 Å². The van der Waals surface area contributed by atoms with E-state index in [1.54, 1.807) is 17.5 Å². The number of methoxy groups -OCH3 is 2. The average Bonchev–Trinajstić information content (AvgIpc) is 3.03. The number of thiazole rings is 1. The van der Waals surface area contributed by atoms with Crippen LogP contribution in [-0.2, 0) is 11.2 Å². The molecule has 0 bridgehead atoms. The van der Waals surface area contributed by atoms with E-state index >= 15 is 0 Å². The summed E-state index contributed by atoms with van der Waals surface area (Å²) < 4.78 is 9.81. The lowest BCUT2D eigenvalue weighted by molar-refractivity contribution is 0.0601. The van der Waals surface area contributed by atoms with Crippen molar-refractivity contribution < 1.29 is 19.1 Å². The first-order valence-corrected chi connectivity index (χ1v) is 7.69. The highest BCUT2D eigenvalue weighted by molar-refractivity contribution is 7.09. The summed E-state index contributed by atoms with van der Waals surface area (Å²) >= 11 is 1.37.